The van der Waals surface area contributed by atoms with Crippen LogP contribution < -0.4 is 5.73 Å². The lowest BCUT2D eigenvalue weighted by atomic mass is 10.1. The van der Waals surface area contributed by atoms with E-state index in [2.05, 4.69) is 27.9 Å². The van der Waals surface area contributed by atoms with Gasteiger partial charge in [0.25, 0.3) is 0 Å². The van der Waals surface area contributed by atoms with Crippen molar-refractivity contribution >= 4 is 0 Å². The zero-order valence-corrected chi connectivity index (χ0v) is 25.5. The number of hydrogen-bond acceptors (Lipinski definition) is 3. The Bertz CT molecular complexity index is 417. The molecule has 0 aliphatic rings. The van der Waals surface area contributed by atoms with Gasteiger partial charge in [-0.3, -0.25) is 0 Å². The van der Waals surface area contributed by atoms with Gasteiger partial charge < -0.3 is 19.7 Å². The molecule has 0 aromatic heterocycles. The number of unbranched alkanes of at least 4 members (excludes halogenated alkanes) is 18. The molecule has 0 fully saturated rings. The molecule has 0 saturated heterocycles. The van der Waals surface area contributed by atoms with E-state index in [1.807, 2.05) is 0 Å². The topological polar surface area (TPSA) is 44.5 Å². The van der Waals surface area contributed by atoms with E-state index in [1.54, 1.807) is 0 Å². The van der Waals surface area contributed by atoms with E-state index < -0.39 is 0 Å². The summed E-state index contributed by atoms with van der Waals surface area (Å²) in [6.45, 7) is 9.95. The van der Waals surface area contributed by atoms with Crippen molar-refractivity contribution < 1.29 is 14.0 Å². The second-order valence-electron chi connectivity index (χ2n) is 11.9. The molecular formula is C32H69N2O2+. The second-order valence-corrected chi connectivity index (χ2v) is 11.9. The highest BCUT2D eigenvalue weighted by molar-refractivity contribution is 4.58. The molecule has 4 nitrogen and oxygen atoms in total. The number of nitrogens with two attached hydrogens (primary N) is 1. The summed E-state index contributed by atoms with van der Waals surface area (Å²) in [4.78, 5) is 0. The predicted molar refractivity (Wildman–Crippen MR) is 160 cm³/mol. The first-order valence-corrected chi connectivity index (χ1v) is 16.3. The van der Waals surface area contributed by atoms with E-state index in [0.717, 1.165) is 50.4 Å². The summed E-state index contributed by atoms with van der Waals surface area (Å²) in [5.41, 5.74) is 5.76. The average molecular weight is 514 g/mol. The molecule has 0 bridgehead atoms. The molecule has 36 heavy (non-hydrogen) atoms. The average Bonchev–Trinajstić information content (AvgIpc) is 2.86. The lowest BCUT2D eigenvalue weighted by Gasteiger charge is -2.33. The summed E-state index contributed by atoms with van der Waals surface area (Å²) >= 11 is 0. The smallest absolute Gasteiger partial charge is 0.130 e. The normalized spacial score (nSPS) is 12.9. The van der Waals surface area contributed by atoms with E-state index in [0.29, 0.717) is 0 Å². The molecule has 0 rings (SSSR count). The predicted octanol–water partition coefficient (Wildman–Crippen LogP) is 8.66. The van der Waals surface area contributed by atoms with Crippen LogP contribution in [0.5, 0.6) is 0 Å². The quantitative estimate of drug-likeness (QED) is 0.0772. The maximum absolute atomic E-state index is 6.36. The maximum atomic E-state index is 6.36. The SMILES string of the molecule is CCCCCCCCCCCCOC[C@@H](C[N+](C)(C)CCCN)OCCCCCCCCCCCC. The van der Waals surface area contributed by atoms with Crippen LogP contribution in [0.15, 0.2) is 0 Å². The van der Waals surface area contributed by atoms with Crippen molar-refractivity contribution in [3.8, 4) is 0 Å². The number of ether oxygens (including phenoxy) is 2. The molecule has 0 aromatic carbocycles. The molecule has 0 unspecified atom stereocenters. The minimum absolute atomic E-state index is 0.194. The molecular weight excluding hydrogens is 444 g/mol. The van der Waals surface area contributed by atoms with Gasteiger partial charge in [-0.1, -0.05) is 129 Å². The second kappa shape index (κ2) is 27.9. The van der Waals surface area contributed by atoms with E-state index >= 15 is 0 Å². The van der Waals surface area contributed by atoms with E-state index in [1.165, 1.54) is 128 Å². The minimum Gasteiger partial charge on any atom is -0.379 e. The van der Waals surface area contributed by atoms with Crippen LogP contribution in [-0.2, 0) is 9.47 Å². The third-order valence-corrected chi connectivity index (χ3v) is 7.46. The standard InChI is InChI=1S/C32H69N2O2/c1-5-7-9-11-13-15-17-19-21-23-28-35-31-32(30-34(3,4)27-25-26-33)36-29-24-22-20-18-16-14-12-10-8-6-2/h32H,5-31,33H2,1-4H3/q+1/t32-/m1/s1. The summed E-state index contributed by atoms with van der Waals surface area (Å²) in [6, 6.07) is 0. The van der Waals surface area contributed by atoms with E-state index in [4.69, 9.17) is 15.2 Å². The number of rotatable bonds is 30. The molecule has 4 heteroatoms. The molecule has 0 heterocycles. The highest BCUT2D eigenvalue weighted by Crippen LogP contribution is 2.13. The first kappa shape index (κ1) is 35.8. The lowest BCUT2D eigenvalue weighted by Crippen LogP contribution is -2.48. The molecule has 0 radical (unpaired) electrons. The van der Waals surface area contributed by atoms with Gasteiger partial charge in [-0.2, -0.15) is 0 Å². The van der Waals surface area contributed by atoms with Gasteiger partial charge >= 0.3 is 0 Å². The Morgan fingerprint density at radius 3 is 1.42 bits per heavy atom. The van der Waals surface area contributed by atoms with Gasteiger partial charge in [0.15, 0.2) is 0 Å². The summed E-state index contributed by atoms with van der Waals surface area (Å²) in [5, 5.41) is 0. The van der Waals surface area contributed by atoms with Gasteiger partial charge in [-0.25, -0.2) is 0 Å². The lowest BCUT2D eigenvalue weighted by molar-refractivity contribution is -0.893. The summed E-state index contributed by atoms with van der Waals surface area (Å²) in [5.74, 6) is 0. The van der Waals surface area contributed by atoms with Gasteiger partial charge in [0.1, 0.15) is 12.6 Å². The van der Waals surface area contributed by atoms with Crippen LogP contribution in [0.2, 0.25) is 0 Å². The maximum Gasteiger partial charge on any atom is 0.130 e. The third kappa shape index (κ3) is 26.9. The molecule has 2 N–H and O–H groups in total. The number of quaternary nitrogens is 1. The number of hydrogen-bond donors (Lipinski definition) is 1. The van der Waals surface area contributed by atoms with Crippen molar-refractivity contribution in [1.29, 1.82) is 0 Å². The fourth-order valence-corrected chi connectivity index (χ4v) is 5.06. The third-order valence-electron chi connectivity index (χ3n) is 7.46. The van der Waals surface area contributed by atoms with Crippen molar-refractivity contribution in [1.82, 2.24) is 0 Å². The fraction of sp³-hybridized carbons (Fsp3) is 1.00. The molecule has 0 spiro atoms. The van der Waals surface area contributed by atoms with Crippen molar-refractivity contribution in [2.45, 2.75) is 155 Å². The molecule has 1 atom stereocenters. The zero-order valence-electron chi connectivity index (χ0n) is 25.5. The van der Waals surface area contributed by atoms with Crippen molar-refractivity contribution in [2.24, 2.45) is 5.73 Å². The Balaban J connectivity index is 3.95. The molecule has 0 aliphatic heterocycles. The Morgan fingerprint density at radius 2 is 0.972 bits per heavy atom. The Kier molecular flexibility index (Phi) is 27.7. The summed E-state index contributed by atoms with van der Waals surface area (Å²) in [7, 11) is 4.60. The van der Waals surface area contributed by atoms with Crippen LogP contribution in [0.1, 0.15) is 149 Å². The van der Waals surface area contributed by atoms with Gasteiger partial charge in [-0.15, -0.1) is 0 Å². The number of likely N-dealkylation sites (N-methyl/N-ethyl adjacent to an activating group) is 1. The van der Waals surface area contributed by atoms with Crippen LogP contribution in [0.4, 0.5) is 0 Å². The van der Waals surface area contributed by atoms with Gasteiger partial charge in [0.05, 0.1) is 27.2 Å². The van der Waals surface area contributed by atoms with Gasteiger partial charge in [0.2, 0.25) is 0 Å². The molecule has 0 aliphatic carbocycles. The van der Waals surface area contributed by atoms with E-state index in [9.17, 15) is 0 Å². The number of nitrogens with zero attached hydrogens (tertiary/aromatic N) is 1. The molecule has 0 amide bonds. The first-order chi connectivity index (χ1) is 17.6. The molecule has 218 valence electrons. The van der Waals surface area contributed by atoms with Crippen LogP contribution in [-0.4, -0.2) is 64.1 Å². The van der Waals surface area contributed by atoms with Crippen molar-refractivity contribution in [3.05, 3.63) is 0 Å². The Hall–Kier alpha value is -0.160. The summed E-state index contributed by atoms with van der Waals surface area (Å²) < 4.78 is 13.4. The first-order valence-electron chi connectivity index (χ1n) is 16.3. The molecule has 0 saturated carbocycles. The van der Waals surface area contributed by atoms with Crippen LogP contribution in [0, 0.1) is 0 Å². The van der Waals surface area contributed by atoms with Crippen LogP contribution in [0.3, 0.4) is 0 Å². The van der Waals surface area contributed by atoms with E-state index in [-0.39, 0.29) is 6.10 Å². The monoisotopic (exact) mass is 514 g/mol. The van der Waals surface area contributed by atoms with Crippen LogP contribution >= 0.6 is 0 Å². The zero-order chi connectivity index (χ0) is 26.6. The summed E-state index contributed by atoms with van der Waals surface area (Å²) in [6.07, 6.45) is 28.6. The Morgan fingerprint density at radius 1 is 0.556 bits per heavy atom. The highest BCUT2D eigenvalue weighted by atomic mass is 16.5. The van der Waals surface area contributed by atoms with Crippen LogP contribution in [0.25, 0.3) is 0 Å². The highest BCUT2D eigenvalue weighted by Gasteiger charge is 2.22. The Labute approximate surface area is 228 Å². The fourth-order valence-electron chi connectivity index (χ4n) is 5.06. The van der Waals surface area contributed by atoms with Crippen molar-refractivity contribution in [2.75, 3.05) is 53.6 Å². The minimum atomic E-state index is 0.194. The molecule has 0 aromatic rings. The van der Waals surface area contributed by atoms with Crippen molar-refractivity contribution in [3.63, 3.8) is 0 Å². The largest absolute Gasteiger partial charge is 0.379 e. The van der Waals surface area contributed by atoms with Gasteiger partial charge in [-0.05, 0) is 19.4 Å². The van der Waals surface area contributed by atoms with Gasteiger partial charge in [0, 0.05) is 19.6 Å².